The predicted molar refractivity (Wildman–Crippen MR) is 64.8 cm³/mol. The fraction of sp³-hybridized carbons (Fsp3) is 0.250. The number of nitrogens with one attached hydrogen (secondary N) is 1. The van der Waals surface area contributed by atoms with Crippen molar-refractivity contribution in [2.75, 3.05) is 0 Å². The van der Waals surface area contributed by atoms with Gasteiger partial charge in [0.1, 0.15) is 0 Å². The van der Waals surface area contributed by atoms with Gasteiger partial charge in [0, 0.05) is 6.54 Å². The molecule has 94 valence electrons. The molecule has 1 rings (SSSR count). The van der Waals surface area contributed by atoms with Crippen molar-refractivity contribution in [3.8, 4) is 6.07 Å². The van der Waals surface area contributed by atoms with Crippen molar-refractivity contribution in [1.29, 1.82) is 5.26 Å². The van der Waals surface area contributed by atoms with Crippen molar-refractivity contribution in [3.63, 3.8) is 0 Å². The summed E-state index contributed by atoms with van der Waals surface area (Å²) in [6, 6.07) is 7.85. The molecule has 1 atom stereocenters. The summed E-state index contributed by atoms with van der Waals surface area (Å²) in [5, 5.41) is 11.2. The largest absolute Gasteiger partial charge is 0.370 e. The Hall–Kier alpha value is -2.39. The fourth-order valence-corrected chi connectivity index (χ4v) is 1.33. The minimum atomic E-state index is -0.930. The van der Waals surface area contributed by atoms with E-state index in [9.17, 15) is 9.59 Å². The van der Waals surface area contributed by atoms with E-state index in [4.69, 9.17) is 16.7 Å². The van der Waals surface area contributed by atoms with Gasteiger partial charge in [-0.3, -0.25) is 9.59 Å². The van der Waals surface area contributed by atoms with Crippen LogP contribution in [-0.4, -0.2) is 17.9 Å². The van der Waals surface area contributed by atoms with Crippen molar-refractivity contribution in [1.82, 2.24) is 5.32 Å². The third-order valence-corrected chi connectivity index (χ3v) is 2.31. The van der Waals surface area contributed by atoms with E-state index >= 15 is 0 Å². The lowest BCUT2D eigenvalue weighted by atomic mass is 10.1. The first-order valence-corrected chi connectivity index (χ1v) is 5.33. The maximum absolute atomic E-state index is 11.5. The molecule has 0 spiro atoms. The summed E-state index contributed by atoms with van der Waals surface area (Å²) in [6.07, 6.45) is -0.181. The topological polar surface area (TPSA) is 122 Å². The second-order valence-corrected chi connectivity index (χ2v) is 3.80. The number of nitrogens with two attached hydrogens (primary N) is 2. The summed E-state index contributed by atoms with van der Waals surface area (Å²) >= 11 is 0. The van der Waals surface area contributed by atoms with Crippen molar-refractivity contribution in [2.45, 2.75) is 19.0 Å². The smallest absolute Gasteiger partial charge is 0.237 e. The average molecular weight is 246 g/mol. The number of hydrogen-bond acceptors (Lipinski definition) is 4. The molecule has 6 nitrogen and oxygen atoms in total. The Bertz CT molecular complexity index is 476. The zero-order chi connectivity index (χ0) is 13.5. The second kappa shape index (κ2) is 6.37. The van der Waals surface area contributed by atoms with Crippen molar-refractivity contribution >= 4 is 11.8 Å². The van der Waals surface area contributed by atoms with Gasteiger partial charge in [0.15, 0.2) is 0 Å². The van der Waals surface area contributed by atoms with Crippen LogP contribution in [0.5, 0.6) is 0 Å². The molecule has 5 N–H and O–H groups in total. The monoisotopic (exact) mass is 246 g/mol. The standard InChI is InChI=1S/C12H14N4O2/c13-6-8-1-3-9(4-2-8)7-16-12(18)10(14)5-11(15)17/h1-4,10H,5,7,14H2,(H2,15,17)(H,16,18)/t10-/m0/s1. The Balaban J connectivity index is 2.47. The van der Waals surface area contributed by atoms with Crippen molar-refractivity contribution in [2.24, 2.45) is 11.5 Å². The Kier molecular flexibility index (Phi) is 4.84. The molecule has 0 unspecified atom stereocenters. The number of rotatable bonds is 5. The minimum Gasteiger partial charge on any atom is -0.370 e. The number of carbonyl (C=O) groups excluding carboxylic acids is 2. The highest BCUT2D eigenvalue weighted by Crippen LogP contribution is 2.02. The van der Waals surface area contributed by atoms with Gasteiger partial charge in [-0.1, -0.05) is 12.1 Å². The SMILES string of the molecule is N#Cc1ccc(CNC(=O)[C@@H](N)CC(N)=O)cc1. The molecule has 6 heteroatoms. The van der Waals surface area contributed by atoms with Gasteiger partial charge in [-0.25, -0.2) is 0 Å². The summed E-state index contributed by atoms with van der Waals surface area (Å²) in [4.78, 5) is 22.1. The third kappa shape index (κ3) is 4.23. The number of amides is 2. The lowest BCUT2D eigenvalue weighted by molar-refractivity contribution is -0.126. The normalized spacial score (nSPS) is 11.3. The molecule has 0 heterocycles. The Morgan fingerprint density at radius 1 is 1.33 bits per heavy atom. The number of nitriles is 1. The lowest BCUT2D eigenvalue weighted by Crippen LogP contribution is -2.42. The van der Waals surface area contributed by atoms with Crippen LogP contribution in [0.25, 0.3) is 0 Å². The van der Waals surface area contributed by atoms with E-state index in [1.807, 2.05) is 6.07 Å². The summed E-state index contributed by atoms with van der Waals surface area (Å²) in [5.41, 5.74) is 11.8. The third-order valence-electron chi connectivity index (χ3n) is 2.31. The maximum Gasteiger partial charge on any atom is 0.237 e. The molecule has 0 saturated heterocycles. The molecule has 0 radical (unpaired) electrons. The van der Waals surface area contributed by atoms with E-state index in [1.165, 1.54) is 0 Å². The number of hydrogen-bond donors (Lipinski definition) is 3. The summed E-state index contributed by atoms with van der Waals surface area (Å²) < 4.78 is 0. The molecule has 0 aliphatic carbocycles. The molecule has 1 aromatic carbocycles. The van der Waals surface area contributed by atoms with Gasteiger partial charge in [-0.15, -0.1) is 0 Å². The van der Waals surface area contributed by atoms with Gasteiger partial charge >= 0.3 is 0 Å². The lowest BCUT2D eigenvalue weighted by Gasteiger charge is -2.10. The molecule has 1 aromatic rings. The van der Waals surface area contributed by atoms with Gasteiger partial charge in [-0.2, -0.15) is 5.26 Å². The first-order valence-electron chi connectivity index (χ1n) is 5.33. The first-order chi connectivity index (χ1) is 8.52. The second-order valence-electron chi connectivity index (χ2n) is 3.80. The minimum absolute atomic E-state index is 0.181. The van der Waals surface area contributed by atoms with E-state index in [1.54, 1.807) is 24.3 Å². The number of benzene rings is 1. The van der Waals surface area contributed by atoms with Crippen molar-refractivity contribution < 1.29 is 9.59 Å². The van der Waals surface area contributed by atoms with Crippen LogP contribution in [0.4, 0.5) is 0 Å². The van der Waals surface area contributed by atoms with Crippen LogP contribution in [0, 0.1) is 11.3 Å². The van der Waals surface area contributed by atoms with E-state index in [0.717, 1.165) is 5.56 Å². The molecule has 0 fully saturated rings. The molecule has 2 amide bonds. The molecule has 0 saturated carbocycles. The van der Waals surface area contributed by atoms with Gasteiger partial charge in [0.25, 0.3) is 0 Å². The molecular weight excluding hydrogens is 232 g/mol. The molecule has 18 heavy (non-hydrogen) atoms. The van der Waals surface area contributed by atoms with Crippen LogP contribution in [0.1, 0.15) is 17.5 Å². The van der Waals surface area contributed by atoms with Gasteiger partial charge in [0.2, 0.25) is 11.8 Å². The van der Waals surface area contributed by atoms with Crippen molar-refractivity contribution in [3.05, 3.63) is 35.4 Å². The predicted octanol–water partition coefficient (Wildman–Crippen LogP) is -0.623. The van der Waals surface area contributed by atoms with Gasteiger partial charge < -0.3 is 16.8 Å². The van der Waals surface area contributed by atoms with Crippen LogP contribution in [-0.2, 0) is 16.1 Å². The number of primary amides is 1. The highest BCUT2D eigenvalue weighted by molar-refractivity contribution is 5.87. The highest BCUT2D eigenvalue weighted by Gasteiger charge is 2.15. The summed E-state index contributed by atoms with van der Waals surface area (Å²) in [7, 11) is 0. The molecule has 0 aliphatic heterocycles. The van der Waals surface area contributed by atoms with Crippen LogP contribution in [0.2, 0.25) is 0 Å². The van der Waals surface area contributed by atoms with Gasteiger partial charge in [-0.05, 0) is 17.7 Å². The highest BCUT2D eigenvalue weighted by atomic mass is 16.2. The summed E-state index contributed by atoms with van der Waals surface area (Å²) in [5.74, 6) is -1.05. The molecule has 0 bridgehead atoms. The van der Waals surface area contributed by atoms with Crippen LogP contribution in [0.15, 0.2) is 24.3 Å². The Labute approximate surface area is 105 Å². The Morgan fingerprint density at radius 2 is 1.94 bits per heavy atom. The first kappa shape index (κ1) is 13.7. The average Bonchev–Trinajstić information content (AvgIpc) is 2.35. The summed E-state index contributed by atoms with van der Waals surface area (Å²) in [6.45, 7) is 0.289. The van der Waals surface area contributed by atoms with Crippen LogP contribution >= 0.6 is 0 Å². The quantitative estimate of drug-likeness (QED) is 0.640. The number of carbonyl (C=O) groups is 2. The Morgan fingerprint density at radius 3 is 2.44 bits per heavy atom. The van der Waals surface area contributed by atoms with Crippen LogP contribution in [0.3, 0.4) is 0 Å². The van der Waals surface area contributed by atoms with E-state index in [2.05, 4.69) is 5.32 Å². The zero-order valence-corrected chi connectivity index (χ0v) is 9.72. The fourth-order valence-electron chi connectivity index (χ4n) is 1.33. The molecule has 0 aromatic heterocycles. The van der Waals surface area contributed by atoms with Crippen LogP contribution < -0.4 is 16.8 Å². The number of nitrogens with zero attached hydrogens (tertiary/aromatic N) is 1. The zero-order valence-electron chi connectivity index (χ0n) is 9.72. The van der Waals surface area contributed by atoms with E-state index < -0.39 is 17.9 Å². The molecule has 0 aliphatic rings. The molecular formula is C12H14N4O2. The van der Waals surface area contributed by atoms with E-state index in [0.29, 0.717) is 5.56 Å². The maximum atomic E-state index is 11.5. The van der Waals surface area contributed by atoms with E-state index in [-0.39, 0.29) is 13.0 Å². The van der Waals surface area contributed by atoms with Gasteiger partial charge in [0.05, 0.1) is 24.1 Å².